The van der Waals surface area contributed by atoms with E-state index >= 15 is 0 Å². The molecule has 3 nitrogen and oxygen atoms in total. The maximum atomic E-state index is 11.8. The number of esters is 1. The summed E-state index contributed by atoms with van der Waals surface area (Å²) in [6, 6.07) is 14.0. The second-order valence-electron chi connectivity index (χ2n) is 4.92. The summed E-state index contributed by atoms with van der Waals surface area (Å²) in [6.45, 7) is 2.12. The smallest absolute Gasteiger partial charge is 0.328 e. The third-order valence-corrected chi connectivity index (χ3v) is 3.42. The highest BCUT2D eigenvalue weighted by molar-refractivity contribution is 5.87. The lowest BCUT2D eigenvalue weighted by atomic mass is 10.1. The van der Waals surface area contributed by atoms with Crippen LogP contribution in [0.2, 0.25) is 0 Å². The molecule has 1 N–H and O–H groups in total. The predicted octanol–water partition coefficient (Wildman–Crippen LogP) is 3.98. The molecule has 0 aromatic heterocycles. The summed E-state index contributed by atoms with van der Waals surface area (Å²) in [5.41, 5.74) is 0.954. The fourth-order valence-corrected chi connectivity index (χ4v) is 2.28. The van der Waals surface area contributed by atoms with E-state index in [0.717, 1.165) is 30.3 Å². The number of unbranched alkanes of at least 4 members (excludes halogenated alkanes) is 1. The van der Waals surface area contributed by atoms with Crippen LogP contribution in [0.15, 0.2) is 42.5 Å². The summed E-state index contributed by atoms with van der Waals surface area (Å²) >= 11 is 0. The van der Waals surface area contributed by atoms with Crippen molar-refractivity contribution in [1.82, 2.24) is 0 Å². The molecular weight excluding hydrogens is 250 g/mol. The number of anilines is 1. The lowest BCUT2D eigenvalue weighted by molar-refractivity contribution is -0.141. The Morgan fingerprint density at radius 3 is 2.65 bits per heavy atom. The first kappa shape index (κ1) is 14.4. The molecule has 20 heavy (non-hydrogen) atoms. The number of rotatable bonds is 6. The van der Waals surface area contributed by atoms with E-state index < -0.39 is 0 Å². The molecule has 0 fully saturated rings. The van der Waals surface area contributed by atoms with Crippen LogP contribution < -0.4 is 5.32 Å². The van der Waals surface area contributed by atoms with Gasteiger partial charge in [0.15, 0.2) is 0 Å². The molecule has 106 valence electrons. The topological polar surface area (TPSA) is 38.3 Å². The summed E-state index contributed by atoms with van der Waals surface area (Å²) in [7, 11) is 1.43. The Kier molecular flexibility index (Phi) is 4.99. The van der Waals surface area contributed by atoms with Gasteiger partial charge in [0.1, 0.15) is 6.04 Å². The van der Waals surface area contributed by atoms with Gasteiger partial charge in [0.2, 0.25) is 0 Å². The van der Waals surface area contributed by atoms with Crippen LogP contribution in [0, 0.1) is 0 Å². The second-order valence-corrected chi connectivity index (χ2v) is 4.92. The minimum absolute atomic E-state index is 0.202. The quantitative estimate of drug-likeness (QED) is 0.807. The highest BCUT2D eigenvalue weighted by Gasteiger charge is 2.18. The number of methoxy groups -OCH3 is 1. The summed E-state index contributed by atoms with van der Waals surface area (Å²) in [6.07, 6.45) is 2.85. The number of fused-ring (bicyclic) bond motifs is 1. The lowest BCUT2D eigenvalue weighted by Gasteiger charge is -2.17. The van der Waals surface area contributed by atoms with Gasteiger partial charge in [-0.1, -0.05) is 50.1 Å². The van der Waals surface area contributed by atoms with Gasteiger partial charge in [-0.05, 0) is 29.3 Å². The van der Waals surface area contributed by atoms with Gasteiger partial charge in [0.05, 0.1) is 7.11 Å². The molecular formula is C17H21NO2. The lowest BCUT2D eigenvalue weighted by Crippen LogP contribution is -2.30. The average Bonchev–Trinajstić information content (AvgIpc) is 2.50. The first-order chi connectivity index (χ1) is 9.74. The Labute approximate surface area is 119 Å². The van der Waals surface area contributed by atoms with Crippen LogP contribution >= 0.6 is 0 Å². The minimum Gasteiger partial charge on any atom is -0.467 e. The zero-order valence-electron chi connectivity index (χ0n) is 12.1. The van der Waals surface area contributed by atoms with E-state index in [2.05, 4.69) is 36.5 Å². The molecule has 0 spiro atoms. The first-order valence-corrected chi connectivity index (χ1v) is 7.07. The Balaban J connectivity index is 2.16. The molecule has 2 aromatic carbocycles. The molecule has 3 heteroatoms. The number of ether oxygens (including phenoxy) is 1. The van der Waals surface area contributed by atoms with E-state index in [1.54, 1.807) is 0 Å². The number of benzene rings is 2. The summed E-state index contributed by atoms with van der Waals surface area (Å²) < 4.78 is 4.87. The van der Waals surface area contributed by atoms with Crippen LogP contribution in [0.4, 0.5) is 5.69 Å². The molecule has 0 aliphatic rings. The van der Waals surface area contributed by atoms with Gasteiger partial charge >= 0.3 is 5.97 Å². The van der Waals surface area contributed by atoms with Crippen molar-refractivity contribution >= 4 is 22.4 Å². The third kappa shape index (κ3) is 3.50. The number of hydrogen-bond acceptors (Lipinski definition) is 3. The summed E-state index contributed by atoms with van der Waals surface area (Å²) in [4.78, 5) is 11.8. The number of nitrogens with one attached hydrogen (secondary N) is 1. The van der Waals surface area contributed by atoms with Gasteiger partial charge in [-0.2, -0.15) is 0 Å². The predicted molar refractivity (Wildman–Crippen MR) is 82.9 cm³/mol. The molecule has 0 saturated carbocycles. The zero-order valence-corrected chi connectivity index (χ0v) is 12.1. The molecule has 0 bridgehead atoms. The Morgan fingerprint density at radius 1 is 1.20 bits per heavy atom. The van der Waals surface area contributed by atoms with Crippen molar-refractivity contribution in [3.8, 4) is 0 Å². The SMILES string of the molecule is CCCCC(Nc1ccc2ccccc2c1)C(=O)OC. The van der Waals surface area contributed by atoms with Gasteiger partial charge < -0.3 is 10.1 Å². The molecule has 2 rings (SSSR count). The maximum absolute atomic E-state index is 11.8. The normalized spacial score (nSPS) is 12.1. The zero-order chi connectivity index (χ0) is 14.4. The maximum Gasteiger partial charge on any atom is 0.328 e. The Hall–Kier alpha value is -2.03. The van der Waals surface area contributed by atoms with Gasteiger partial charge in [-0.15, -0.1) is 0 Å². The van der Waals surface area contributed by atoms with Crippen LogP contribution in [0.5, 0.6) is 0 Å². The summed E-state index contributed by atoms with van der Waals surface area (Å²) in [5, 5.41) is 5.64. The monoisotopic (exact) mass is 271 g/mol. The fourth-order valence-electron chi connectivity index (χ4n) is 2.28. The van der Waals surface area contributed by atoms with Crippen molar-refractivity contribution in [2.75, 3.05) is 12.4 Å². The second kappa shape index (κ2) is 6.94. The van der Waals surface area contributed by atoms with Crippen molar-refractivity contribution in [1.29, 1.82) is 0 Å². The van der Waals surface area contributed by atoms with Crippen LogP contribution in [-0.4, -0.2) is 19.1 Å². The van der Waals surface area contributed by atoms with Gasteiger partial charge in [0, 0.05) is 5.69 Å². The minimum atomic E-state index is -0.277. The standard InChI is InChI=1S/C17H21NO2/c1-3-4-9-16(17(19)20-2)18-15-11-10-13-7-5-6-8-14(13)12-15/h5-8,10-12,16,18H,3-4,9H2,1-2H3. The molecule has 0 heterocycles. The first-order valence-electron chi connectivity index (χ1n) is 7.07. The fraction of sp³-hybridized carbons (Fsp3) is 0.353. The van der Waals surface area contributed by atoms with Crippen molar-refractivity contribution in [2.24, 2.45) is 0 Å². The molecule has 1 atom stereocenters. The van der Waals surface area contributed by atoms with E-state index in [-0.39, 0.29) is 12.0 Å². The van der Waals surface area contributed by atoms with Gasteiger partial charge in [-0.3, -0.25) is 0 Å². The van der Waals surface area contributed by atoms with E-state index in [1.807, 2.05) is 18.2 Å². The van der Waals surface area contributed by atoms with E-state index in [1.165, 1.54) is 12.5 Å². The van der Waals surface area contributed by atoms with E-state index in [4.69, 9.17) is 4.74 Å². The van der Waals surface area contributed by atoms with E-state index in [9.17, 15) is 4.79 Å². The highest BCUT2D eigenvalue weighted by Crippen LogP contribution is 2.20. The van der Waals surface area contributed by atoms with Crippen LogP contribution in [-0.2, 0) is 9.53 Å². The molecule has 0 aliphatic carbocycles. The molecule has 0 aliphatic heterocycles. The van der Waals surface area contributed by atoms with Crippen molar-refractivity contribution in [2.45, 2.75) is 32.2 Å². The number of carbonyl (C=O) groups is 1. The molecule has 0 amide bonds. The van der Waals surface area contributed by atoms with Crippen LogP contribution in [0.1, 0.15) is 26.2 Å². The Morgan fingerprint density at radius 2 is 1.95 bits per heavy atom. The van der Waals surface area contributed by atoms with Crippen molar-refractivity contribution in [3.63, 3.8) is 0 Å². The molecule has 0 radical (unpaired) electrons. The van der Waals surface area contributed by atoms with E-state index in [0.29, 0.717) is 0 Å². The highest BCUT2D eigenvalue weighted by atomic mass is 16.5. The molecule has 2 aromatic rings. The number of carbonyl (C=O) groups excluding carboxylic acids is 1. The molecule has 0 saturated heterocycles. The van der Waals surface area contributed by atoms with Gasteiger partial charge in [-0.25, -0.2) is 4.79 Å². The van der Waals surface area contributed by atoms with Crippen molar-refractivity contribution in [3.05, 3.63) is 42.5 Å². The number of hydrogen-bond donors (Lipinski definition) is 1. The van der Waals surface area contributed by atoms with Gasteiger partial charge in [0.25, 0.3) is 0 Å². The van der Waals surface area contributed by atoms with Crippen LogP contribution in [0.3, 0.4) is 0 Å². The van der Waals surface area contributed by atoms with Crippen LogP contribution in [0.25, 0.3) is 10.8 Å². The average molecular weight is 271 g/mol. The molecule has 1 unspecified atom stereocenters. The van der Waals surface area contributed by atoms with Crippen molar-refractivity contribution < 1.29 is 9.53 Å². The summed E-state index contributed by atoms with van der Waals surface area (Å²) in [5.74, 6) is -0.202. The third-order valence-electron chi connectivity index (χ3n) is 3.42. The Bertz CT molecular complexity index is 580. The largest absolute Gasteiger partial charge is 0.467 e.